The summed E-state index contributed by atoms with van der Waals surface area (Å²) in [6.45, 7) is 3.25. The maximum atomic E-state index is 11.1. The summed E-state index contributed by atoms with van der Waals surface area (Å²) in [6, 6.07) is 0. The largest absolute Gasteiger partial charge is 2.00 e. The predicted octanol–water partition coefficient (Wildman–Crippen LogP) is 1.13. The van der Waals surface area contributed by atoms with E-state index in [4.69, 9.17) is 12.2 Å². The number of hydrogen-bond donors (Lipinski definition) is 2. The molecule has 0 aliphatic heterocycles. The van der Waals surface area contributed by atoms with Gasteiger partial charge in [0.2, 0.25) is 0 Å². The van der Waals surface area contributed by atoms with Gasteiger partial charge < -0.3 is 16.7 Å². The molecule has 5 nitrogen and oxygen atoms in total. The molecular weight excluding hydrogens is 185 g/mol. The fourth-order valence-electron chi connectivity index (χ4n) is 0.776. The van der Waals surface area contributed by atoms with Crippen LogP contribution in [0.25, 0.3) is 5.32 Å². The van der Waals surface area contributed by atoms with Crippen molar-refractivity contribution in [1.82, 2.24) is 9.97 Å². The summed E-state index contributed by atoms with van der Waals surface area (Å²) in [7, 11) is 1.54. The molecule has 0 aromatic carbocycles. The van der Waals surface area contributed by atoms with Crippen LogP contribution >= 0.6 is 12.2 Å². The second kappa shape index (κ2) is 4.69. The Morgan fingerprint density at radius 2 is 2.23 bits per heavy atom. The van der Waals surface area contributed by atoms with Gasteiger partial charge in [-0.25, -0.2) is 0 Å². The molecule has 0 unspecified atom stereocenters. The molecule has 0 radical (unpaired) electrons. The second-order valence-electron chi connectivity index (χ2n) is 1.99. The summed E-state index contributed by atoms with van der Waals surface area (Å²) in [5.41, 5.74) is -0.222. The van der Waals surface area contributed by atoms with E-state index >= 15 is 0 Å². The van der Waals surface area contributed by atoms with Gasteiger partial charge in [0.15, 0.2) is 0 Å². The SMILES string of the molecule is C=Nc1c([N-]C)[nH]c(=S)[nH]c1=O.[Be+2].[H-]. The topological polar surface area (TPSA) is 75.1 Å². The van der Waals surface area contributed by atoms with E-state index in [2.05, 4.69) is 27.0 Å². The number of aliphatic imine (C=N–C) groups is 1. The number of nitrogens with one attached hydrogen (secondary N) is 2. The summed E-state index contributed by atoms with van der Waals surface area (Å²) in [4.78, 5) is 19.7. The van der Waals surface area contributed by atoms with Crippen LogP contribution < -0.4 is 5.56 Å². The average molecular weight is 193 g/mol. The average Bonchev–Trinajstić information content (AvgIpc) is 2.03. The third-order valence-electron chi connectivity index (χ3n) is 1.28. The molecule has 1 rings (SSSR count). The normalized spacial score (nSPS) is 8.69. The van der Waals surface area contributed by atoms with Crippen LogP contribution in [0.3, 0.4) is 0 Å². The van der Waals surface area contributed by atoms with Gasteiger partial charge in [0.25, 0.3) is 5.56 Å². The monoisotopic (exact) mass is 193 g/mol. The Morgan fingerprint density at radius 1 is 1.62 bits per heavy atom. The molecule has 7 heteroatoms. The molecular formula is C6H8BeN4OS. The minimum atomic E-state index is -0.380. The van der Waals surface area contributed by atoms with Crippen LogP contribution in [-0.4, -0.2) is 33.9 Å². The molecule has 2 N–H and O–H groups in total. The predicted molar refractivity (Wildman–Crippen MR) is 57.3 cm³/mol. The van der Waals surface area contributed by atoms with Crippen LogP contribution in [0.2, 0.25) is 0 Å². The Balaban J connectivity index is 0. The second-order valence-corrected chi connectivity index (χ2v) is 2.40. The van der Waals surface area contributed by atoms with Gasteiger partial charge in [-0.1, -0.05) is 19.3 Å². The van der Waals surface area contributed by atoms with Crippen LogP contribution in [0.4, 0.5) is 11.5 Å². The van der Waals surface area contributed by atoms with Crippen molar-refractivity contribution < 1.29 is 1.43 Å². The van der Waals surface area contributed by atoms with Gasteiger partial charge in [0.1, 0.15) is 5.69 Å². The minimum absolute atomic E-state index is 0. The van der Waals surface area contributed by atoms with Crippen molar-refractivity contribution in [2.75, 3.05) is 7.05 Å². The van der Waals surface area contributed by atoms with Crippen molar-refractivity contribution in [3.8, 4) is 0 Å². The molecule has 0 aliphatic rings. The molecule has 0 bridgehead atoms. The first-order valence-corrected chi connectivity index (χ1v) is 3.53. The van der Waals surface area contributed by atoms with Crippen LogP contribution in [0.1, 0.15) is 1.43 Å². The fraction of sp³-hybridized carbons (Fsp3) is 0.167. The molecule has 0 saturated heterocycles. The Kier molecular flexibility index (Phi) is 4.23. The van der Waals surface area contributed by atoms with Crippen LogP contribution in [0, 0.1) is 4.77 Å². The molecule has 13 heavy (non-hydrogen) atoms. The Bertz CT molecular complexity index is 415. The van der Waals surface area contributed by atoms with Crippen molar-refractivity contribution in [2.24, 2.45) is 4.99 Å². The Labute approximate surface area is 85.0 Å². The zero-order valence-electron chi connectivity index (χ0n) is 8.13. The molecule has 0 fully saturated rings. The molecule has 0 saturated carbocycles. The number of rotatable bonds is 2. The number of hydrogen-bond acceptors (Lipinski definition) is 3. The van der Waals surface area contributed by atoms with Crippen molar-refractivity contribution in [3.05, 3.63) is 20.4 Å². The zero-order valence-corrected chi connectivity index (χ0v) is 7.94. The van der Waals surface area contributed by atoms with Crippen LogP contribution in [0.15, 0.2) is 9.79 Å². The molecule has 0 atom stereocenters. The third-order valence-corrected chi connectivity index (χ3v) is 1.48. The van der Waals surface area contributed by atoms with Crippen molar-refractivity contribution in [3.63, 3.8) is 0 Å². The molecule has 1 aromatic rings. The quantitative estimate of drug-likeness (QED) is 0.419. The standard InChI is InChI=1S/C6H8N4OS.Be.H/c1-7-3-4(8-2)9-6(12)10-5(3)11;;/h1H2,2H3,(H3,8,9,10,11,12);;/q;+2;-1/p-1. The Hall–Kier alpha value is -1.26. The van der Waals surface area contributed by atoms with Crippen LogP contribution in [-0.2, 0) is 0 Å². The summed E-state index contributed by atoms with van der Waals surface area (Å²) in [5, 5.41) is 3.79. The first-order chi connectivity index (χ1) is 5.69. The molecule has 1 aromatic heterocycles. The van der Waals surface area contributed by atoms with Crippen molar-refractivity contribution in [2.45, 2.75) is 0 Å². The van der Waals surface area contributed by atoms with E-state index in [-0.39, 0.29) is 27.6 Å². The maximum absolute atomic E-state index is 11.1. The van der Waals surface area contributed by atoms with Gasteiger partial charge >= 0.3 is 10.1 Å². The molecule has 0 spiro atoms. The van der Waals surface area contributed by atoms with E-state index in [1.54, 1.807) is 0 Å². The molecule has 0 amide bonds. The Morgan fingerprint density at radius 3 is 2.69 bits per heavy atom. The van der Waals surface area contributed by atoms with Gasteiger partial charge in [-0.3, -0.25) is 9.79 Å². The van der Waals surface area contributed by atoms with E-state index in [9.17, 15) is 4.79 Å². The minimum Gasteiger partial charge on any atom is -1.00 e. The first kappa shape index (κ1) is 11.7. The molecule has 66 valence electrons. The van der Waals surface area contributed by atoms with E-state index in [1.165, 1.54) is 7.05 Å². The summed E-state index contributed by atoms with van der Waals surface area (Å²) in [5.74, 6) is 0.346. The van der Waals surface area contributed by atoms with Crippen molar-refractivity contribution >= 4 is 40.6 Å². The van der Waals surface area contributed by atoms with Crippen molar-refractivity contribution in [1.29, 1.82) is 0 Å². The number of aromatic amines is 2. The van der Waals surface area contributed by atoms with Gasteiger partial charge in [-0.2, -0.15) is 0 Å². The number of aromatic nitrogens is 2. The number of H-pyrrole nitrogens is 2. The maximum Gasteiger partial charge on any atom is 2.00 e. The van der Waals surface area contributed by atoms with E-state index in [0.29, 0.717) is 5.82 Å². The molecule has 0 aliphatic carbocycles. The fourth-order valence-corrected chi connectivity index (χ4v) is 0.966. The van der Waals surface area contributed by atoms with E-state index in [1.807, 2.05) is 0 Å². The summed E-state index contributed by atoms with van der Waals surface area (Å²) >= 11 is 4.73. The van der Waals surface area contributed by atoms with Gasteiger partial charge in [0, 0.05) is 0 Å². The van der Waals surface area contributed by atoms with E-state index in [0.717, 1.165) is 0 Å². The van der Waals surface area contributed by atoms with E-state index < -0.39 is 0 Å². The summed E-state index contributed by atoms with van der Waals surface area (Å²) < 4.78 is 0.230. The summed E-state index contributed by atoms with van der Waals surface area (Å²) in [6.07, 6.45) is 0. The molecule has 1 heterocycles. The number of nitrogens with zero attached hydrogens (tertiary/aromatic N) is 2. The van der Waals surface area contributed by atoms with Gasteiger partial charge in [0.05, 0.1) is 4.77 Å². The van der Waals surface area contributed by atoms with Gasteiger partial charge in [-0.05, 0) is 12.5 Å². The third kappa shape index (κ3) is 2.34. The van der Waals surface area contributed by atoms with Crippen LogP contribution in [0.5, 0.6) is 0 Å². The first-order valence-electron chi connectivity index (χ1n) is 3.12. The van der Waals surface area contributed by atoms with Gasteiger partial charge in [-0.15, -0.1) is 0 Å². The zero-order chi connectivity index (χ0) is 9.14. The smallest absolute Gasteiger partial charge is 1.00 e.